The summed E-state index contributed by atoms with van der Waals surface area (Å²) in [5, 5.41) is 7.93. The van der Waals surface area contributed by atoms with Crippen molar-refractivity contribution in [2.45, 2.75) is 39.0 Å². The van der Waals surface area contributed by atoms with Crippen LogP contribution in [-0.4, -0.2) is 24.1 Å². The Morgan fingerprint density at radius 2 is 1.75 bits per heavy atom. The van der Waals surface area contributed by atoms with Gasteiger partial charge in [-0.25, -0.2) is 5.43 Å². The lowest BCUT2D eigenvalue weighted by Crippen LogP contribution is -2.26. The molecule has 0 unspecified atom stereocenters. The fraction of sp³-hybridized carbons (Fsp3) is 0.348. The van der Waals surface area contributed by atoms with Crippen LogP contribution in [0.2, 0.25) is 15.1 Å². The lowest BCUT2D eigenvalue weighted by Gasteiger charge is -2.20. The zero-order valence-electron chi connectivity index (χ0n) is 17.6. The van der Waals surface area contributed by atoms with E-state index in [1.807, 2.05) is 24.3 Å². The molecule has 170 valence electrons. The second kappa shape index (κ2) is 11.5. The summed E-state index contributed by atoms with van der Waals surface area (Å²) in [6.07, 6.45) is 5.28. The predicted octanol–water partition coefficient (Wildman–Crippen LogP) is 6.08. The van der Waals surface area contributed by atoms with Crippen LogP contribution >= 0.6 is 34.8 Å². The molecule has 1 fully saturated rings. The van der Waals surface area contributed by atoms with Crippen molar-refractivity contribution in [2.24, 2.45) is 11.0 Å². The molecule has 1 aliphatic rings. The average molecular weight is 497 g/mol. The van der Waals surface area contributed by atoms with E-state index in [1.54, 1.807) is 6.92 Å². The molecule has 0 atom stereocenters. The van der Waals surface area contributed by atoms with Gasteiger partial charge in [0.05, 0.1) is 20.8 Å². The molecule has 1 aliphatic carbocycles. The van der Waals surface area contributed by atoms with Crippen molar-refractivity contribution in [1.29, 1.82) is 0 Å². The highest BCUT2D eigenvalue weighted by atomic mass is 35.5. The minimum Gasteiger partial charge on any atom is -0.482 e. The number of anilines is 1. The van der Waals surface area contributed by atoms with Crippen molar-refractivity contribution >= 4 is 58.0 Å². The summed E-state index contributed by atoms with van der Waals surface area (Å²) in [5.41, 5.74) is 4.51. The van der Waals surface area contributed by atoms with Crippen LogP contribution in [0.1, 0.15) is 44.6 Å². The number of carbonyl (C=O) groups excluding carboxylic acids is 2. The van der Waals surface area contributed by atoms with Gasteiger partial charge in [-0.1, -0.05) is 66.2 Å². The van der Waals surface area contributed by atoms with E-state index in [2.05, 4.69) is 15.8 Å². The zero-order valence-corrected chi connectivity index (χ0v) is 19.9. The molecule has 32 heavy (non-hydrogen) atoms. The third-order valence-electron chi connectivity index (χ3n) is 5.21. The summed E-state index contributed by atoms with van der Waals surface area (Å²) in [6.45, 7) is 1.46. The molecule has 1 saturated carbocycles. The Morgan fingerprint density at radius 1 is 1.03 bits per heavy atom. The van der Waals surface area contributed by atoms with E-state index in [4.69, 9.17) is 39.5 Å². The van der Waals surface area contributed by atoms with Gasteiger partial charge in [-0.2, -0.15) is 5.10 Å². The number of carbonyl (C=O) groups is 2. The molecular weight excluding hydrogens is 473 g/mol. The van der Waals surface area contributed by atoms with Crippen LogP contribution in [-0.2, 0) is 9.59 Å². The molecule has 2 aromatic rings. The van der Waals surface area contributed by atoms with Crippen LogP contribution in [0.5, 0.6) is 5.75 Å². The fourth-order valence-electron chi connectivity index (χ4n) is 3.43. The molecule has 0 spiro atoms. The topological polar surface area (TPSA) is 79.8 Å². The summed E-state index contributed by atoms with van der Waals surface area (Å²) in [4.78, 5) is 24.6. The predicted molar refractivity (Wildman–Crippen MR) is 129 cm³/mol. The zero-order chi connectivity index (χ0) is 23.1. The van der Waals surface area contributed by atoms with E-state index in [0.717, 1.165) is 31.2 Å². The van der Waals surface area contributed by atoms with Gasteiger partial charge in [0.25, 0.3) is 5.91 Å². The SMILES string of the molecule is C/C(=N/NC(=O)COc1cc(Cl)c(Cl)cc1Cl)c1cccc(NC(=O)C2CCCCC2)c1. The van der Waals surface area contributed by atoms with Crippen molar-refractivity contribution < 1.29 is 14.3 Å². The third-order valence-corrected chi connectivity index (χ3v) is 6.22. The number of hydrogen-bond acceptors (Lipinski definition) is 4. The van der Waals surface area contributed by atoms with Crippen molar-refractivity contribution in [1.82, 2.24) is 5.43 Å². The van der Waals surface area contributed by atoms with Crippen LogP contribution in [0.3, 0.4) is 0 Å². The monoisotopic (exact) mass is 495 g/mol. The third kappa shape index (κ3) is 6.86. The van der Waals surface area contributed by atoms with Gasteiger partial charge in [-0.15, -0.1) is 0 Å². The van der Waals surface area contributed by atoms with Gasteiger partial charge in [0.15, 0.2) is 6.61 Å². The molecule has 3 rings (SSSR count). The van der Waals surface area contributed by atoms with Crippen LogP contribution in [0.15, 0.2) is 41.5 Å². The number of nitrogens with zero attached hydrogens (tertiary/aromatic N) is 1. The molecular formula is C23H24Cl3N3O3. The average Bonchev–Trinajstić information content (AvgIpc) is 2.79. The lowest BCUT2D eigenvalue weighted by molar-refractivity contribution is -0.123. The lowest BCUT2D eigenvalue weighted by atomic mass is 9.88. The number of hydrazone groups is 1. The van der Waals surface area contributed by atoms with E-state index >= 15 is 0 Å². The minimum absolute atomic E-state index is 0.0582. The van der Waals surface area contributed by atoms with Gasteiger partial charge in [0.2, 0.25) is 5.91 Å². The van der Waals surface area contributed by atoms with Crippen molar-refractivity contribution in [3.63, 3.8) is 0 Å². The highest BCUT2D eigenvalue weighted by Gasteiger charge is 2.21. The second-order valence-corrected chi connectivity index (χ2v) is 8.84. The van der Waals surface area contributed by atoms with Gasteiger partial charge in [-0.05, 0) is 43.5 Å². The van der Waals surface area contributed by atoms with Crippen molar-refractivity contribution in [2.75, 3.05) is 11.9 Å². The minimum atomic E-state index is -0.465. The Kier molecular flexibility index (Phi) is 8.79. The number of benzene rings is 2. The molecule has 0 heterocycles. The van der Waals surface area contributed by atoms with Crippen LogP contribution in [0, 0.1) is 5.92 Å². The van der Waals surface area contributed by atoms with E-state index in [-0.39, 0.29) is 34.2 Å². The van der Waals surface area contributed by atoms with Crippen LogP contribution < -0.4 is 15.5 Å². The van der Waals surface area contributed by atoms with Gasteiger partial charge in [0.1, 0.15) is 5.75 Å². The molecule has 0 saturated heterocycles. The fourth-order valence-corrected chi connectivity index (χ4v) is 4.02. The molecule has 2 amide bonds. The van der Waals surface area contributed by atoms with E-state index in [0.29, 0.717) is 16.4 Å². The molecule has 2 N–H and O–H groups in total. The Bertz CT molecular complexity index is 1020. The Morgan fingerprint density at radius 3 is 2.50 bits per heavy atom. The maximum atomic E-state index is 12.5. The second-order valence-electron chi connectivity index (χ2n) is 7.62. The quantitative estimate of drug-likeness (QED) is 0.277. The summed E-state index contributed by atoms with van der Waals surface area (Å²) < 4.78 is 5.39. The number of ether oxygens (including phenoxy) is 1. The first kappa shape index (κ1) is 24.4. The first-order valence-corrected chi connectivity index (χ1v) is 11.5. The van der Waals surface area contributed by atoms with Gasteiger partial charge < -0.3 is 10.1 Å². The van der Waals surface area contributed by atoms with Crippen LogP contribution in [0.25, 0.3) is 0 Å². The number of hydrogen-bond donors (Lipinski definition) is 2. The largest absolute Gasteiger partial charge is 0.482 e. The molecule has 2 aromatic carbocycles. The molecule has 6 nitrogen and oxygen atoms in total. The van der Waals surface area contributed by atoms with Crippen LogP contribution in [0.4, 0.5) is 5.69 Å². The molecule has 0 aromatic heterocycles. The number of amides is 2. The van der Waals surface area contributed by atoms with Gasteiger partial charge in [0, 0.05) is 17.7 Å². The maximum absolute atomic E-state index is 12.5. The standard InChI is InChI=1S/C23H24Cl3N3O3/c1-14(28-29-22(30)13-32-21-12-19(25)18(24)11-20(21)26)16-8-5-9-17(10-16)27-23(31)15-6-3-2-4-7-15/h5,8-12,15H,2-4,6-7,13H2,1H3,(H,27,31)(H,29,30)/b28-14-. The first-order chi connectivity index (χ1) is 15.3. The molecule has 9 heteroatoms. The summed E-state index contributed by atoms with van der Waals surface area (Å²) >= 11 is 17.9. The summed E-state index contributed by atoms with van der Waals surface area (Å²) in [7, 11) is 0. The Balaban J connectivity index is 1.55. The Hall–Kier alpha value is -2.28. The van der Waals surface area contributed by atoms with Gasteiger partial charge >= 0.3 is 0 Å². The first-order valence-electron chi connectivity index (χ1n) is 10.4. The van der Waals surface area contributed by atoms with Crippen molar-refractivity contribution in [3.8, 4) is 5.75 Å². The van der Waals surface area contributed by atoms with E-state index < -0.39 is 5.91 Å². The summed E-state index contributed by atoms with van der Waals surface area (Å²) in [5.74, 6) is -0.0834. The Labute approximate surface area is 202 Å². The van der Waals surface area contributed by atoms with E-state index in [9.17, 15) is 9.59 Å². The normalized spacial score (nSPS) is 14.7. The highest BCUT2D eigenvalue weighted by Crippen LogP contribution is 2.33. The smallest absolute Gasteiger partial charge is 0.277 e. The van der Waals surface area contributed by atoms with Gasteiger partial charge in [-0.3, -0.25) is 9.59 Å². The number of rotatable bonds is 7. The highest BCUT2D eigenvalue weighted by molar-refractivity contribution is 6.43. The maximum Gasteiger partial charge on any atom is 0.277 e. The number of halogens is 3. The molecule has 0 aliphatic heterocycles. The van der Waals surface area contributed by atoms with Crippen molar-refractivity contribution in [3.05, 3.63) is 57.0 Å². The molecule has 0 radical (unpaired) electrons. The molecule has 0 bridgehead atoms. The van der Waals surface area contributed by atoms with E-state index in [1.165, 1.54) is 18.6 Å². The summed E-state index contributed by atoms with van der Waals surface area (Å²) in [6, 6.07) is 10.3. The number of nitrogens with one attached hydrogen (secondary N) is 2.